The Labute approximate surface area is 133 Å². The monoisotopic (exact) mass is 314 g/mol. The van der Waals surface area contributed by atoms with Gasteiger partial charge in [-0.2, -0.15) is 0 Å². The Kier molecular flexibility index (Phi) is 4.45. The Hall–Kier alpha value is -2.76. The number of ketones is 1. The average Bonchev–Trinajstić information content (AvgIpc) is 2.47. The second-order valence-electron chi connectivity index (χ2n) is 5.67. The standard InChI is InChI=1S/C17H18N2O4/c1-10-7-11(2)13(4)17(12(10)3)15(20)9-18-8-14(19(22)23)5-6-16(18)21/h5-8H,9H2,1-4H3. The molecule has 0 saturated heterocycles. The topological polar surface area (TPSA) is 82.2 Å². The molecule has 0 unspecified atom stereocenters. The zero-order valence-electron chi connectivity index (χ0n) is 13.5. The molecule has 23 heavy (non-hydrogen) atoms. The summed E-state index contributed by atoms with van der Waals surface area (Å²) in [5.74, 6) is -0.227. The van der Waals surface area contributed by atoms with Crippen molar-refractivity contribution in [2.75, 3.05) is 0 Å². The number of benzene rings is 1. The number of hydrogen-bond acceptors (Lipinski definition) is 4. The van der Waals surface area contributed by atoms with Crippen LogP contribution in [0.1, 0.15) is 32.6 Å². The van der Waals surface area contributed by atoms with Crippen molar-refractivity contribution in [2.24, 2.45) is 0 Å². The lowest BCUT2D eigenvalue weighted by Gasteiger charge is -2.14. The van der Waals surface area contributed by atoms with E-state index in [9.17, 15) is 19.7 Å². The van der Waals surface area contributed by atoms with Gasteiger partial charge in [0.25, 0.3) is 11.2 Å². The van der Waals surface area contributed by atoms with Crippen molar-refractivity contribution in [1.29, 1.82) is 0 Å². The smallest absolute Gasteiger partial charge is 0.285 e. The molecule has 0 radical (unpaired) electrons. The van der Waals surface area contributed by atoms with Crippen molar-refractivity contribution in [3.05, 3.63) is 72.7 Å². The van der Waals surface area contributed by atoms with Crippen LogP contribution in [0.4, 0.5) is 5.69 Å². The number of hydrogen-bond donors (Lipinski definition) is 0. The largest absolute Gasteiger partial charge is 0.301 e. The molecule has 0 saturated carbocycles. The first kappa shape index (κ1) is 16.6. The number of carbonyl (C=O) groups excluding carboxylic acids is 1. The average molecular weight is 314 g/mol. The second kappa shape index (κ2) is 6.16. The van der Waals surface area contributed by atoms with Gasteiger partial charge in [0.15, 0.2) is 5.78 Å². The molecule has 120 valence electrons. The van der Waals surface area contributed by atoms with Gasteiger partial charge in [0.1, 0.15) is 0 Å². The third-order valence-corrected chi connectivity index (χ3v) is 4.14. The van der Waals surface area contributed by atoms with Gasteiger partial charge in [0, 0.05) is 17.7 Å². The van der Waals surface area contributed by atoms with E-state index < -0.39 is 10.5 Å². The van der Waals surface area contributed by atoms with E-state index in [-0.39, 0.29) is 18.0 Å². The van der Waals surface area contributed by atoms with E-state index in [1.807, 2.05) is 33.8 Å². The molecule has 0 fully saturated rings. The third kappa shape index (κ3) is 3.21. The molecule has 0 atom stereocenters. The third-order valence-electron chi connectivity index (χ3n) is 4.14. The molecule has 1 aromatic heterocycles. The second-order valence-corrected chi connectivity index (χ2v) is 5.67. The van der Waals surface area contributed by atoms with Gasteiger partial charge < -0.3 is 4.57 Å². The molecule has 0 aliphatic heterocycles. The van der Waals surface area contributed by atoms with Crippen molar-refractivity contribution < 1.29 is 9.72 Å². The molecule has 0 amide bonds. The maximum Gasteiger partial charge on any atom is 0.285 e. The van der Waals surface area contributed by atoms with Crippen LogP contribution in [-0.2, 0) is 6.54 Å². The van der Waals surface area contributed by atoms with Gasteiger partial charge in [0.2, 0.25) is 0 Å². The lowest BCUT2D eigenvalue weighted by molar-refractivity contribution is -0.385. The Morgan fingerprint density at radius 2 is 1.70 bits per heavy atom. The minimum Gasteiger partial charge on any atom is -0.301 e. The van der Waals surface area contributed by atoms with E-state index in [4.69, 9.17) is 0 Å². The molecule has 0 aliphatic rings. The first-order valence-corrected chi connectivity index (χ1v) is 7.18. The Morgan fingerprint density at radius 3 is 2.22 bits per heavy atom. The maximum absolute atomic E-state index is 12.7. The summed E-state index contributed by atoms with van der Waals surface area (Å²) in [6.07, 6.45) is 1.10. The number of aromatic nitrogens is 1. The van der Waals surface area contributed by atoms with Crippen molar-refractivity contribution >= 4 is 11.5 Å². The van der Waals surface area contributed by atoms with Gasteiger partial charge in [-0.15, -0.1) is 0 Å². The number of aryl methyl sites for hydroxylation is 2. The van der Waals surface area contributed by atoms with Crippen LogP contribution in [0.25, 0.3) is 0 Å². The highest BCUT2D eigenvalue weighted by Crippen LogP contribution is 2.22. The van der Waals surface area contributed by atoms with Crippen molar-refractivity contribution in [3.63, 3.8) is 0 Å². The summed E-state index contributed by atoms with van der Waals surface area (Å²) in [7, 11) is 0. The lowest BCUT2D eigenvalue weighted by atomic mass is 9.91. The van der Waals surface area contributed by atoms with Gasteiger partial charge in [-0.25, -0.2) is 0 Å². The minimum atomic E-state index is -0.590. The highest BCUT2D eigenvalue weighted by molar-refractivity contribution is 5.99. The van der Waals surface area contributed by atoms with Crippen LogP contribution in [0, 0.1) is 37.8 Å². The number of carbonyl (C=O) groups is 1. The highest BCUT2D eigenvalue weighted by Gasteiger charge is 2.17. The van der Waals surface area contributed by atoms with Gasteiger partial charge in [-0.1, -0.05) is 6.07 Å². The van der Waals surface area contributed by atoms with Gasteiger partial charge in [-0.05, 0) is 49.9 Å². The van der Waals surface area contributed by atoms with Crippen LogP contribution >= 0.6 is 0 Å². The van der Waals surface area contributed by atoms with E-state index in [0.29, 0.717) is 5.56 Å². The van der Waals surface area contributed by atoms with Crippen molar-refractivity contribution in [2.45, 2.75) is 34.2 Å². The molecule has 2 rings (SSSR count). The minimum absolute atomic E-state index is 0.216. The molecule has 6 nitrogen and oxygen atoms in total. The number of Topliss-reactive ketones (excluding diaryl/α,β-unsaturated/α-hetero) is 1. The van der Waals surface area contributed by atoms with E-state index in [1.165, 1.54) is 0 Å². The quantitative estimate of drug-likeness (QED) is 0.493. The fourth-order valence-electron chi connectivity index (χ4n) is 2.62. The molecular formula is C17H18N2O4. The SMILES string of the molecule is Cc1cc(C)c(C)c(C(=O)Cn2cc([N+](=O)[O-])ccc2=O)c1C. The summed E-state index contributed by atoms with van der Waals surface area (Å²) in [6.45, 7) is 7.37. The Bertz CT molecular complexity index is 839. The summed E-state index contributed by atoms with van der Waals surface area (Å²) in [4.78, 5) is 34.8. The maximum atomic E-state index is 12.7. The van der Waals surface area contributed by atoms with Gasteiger partial charge in [0.05, 0.1) is 17.7 Å². The van der Waals surface area contributed by atoms with Crippen LogP contribution in [-0.4, -0.2) is 15.3 Å². The molecule has 1 heterocycles. The summed E-state index contributed by atoms with van der Waals surface area (Å²) in [5, 5.41) is 10.8. The first-order valence-electron chi connectivity index (χ1n) is 7.18. The fraction of sp³-hybridized carbons (Fsp3) is 0.294. The van der Waals surface area contributed by atoms with Crippen LogP contribution in [0.5, 0.6) is 0 Å². The van der Waals surface area contributed by atoms with E-state index >= 15 is 0 Å². The van der Waals surface area contributed by atoms with Crippen LogP contribution in [0.3, 0.4) is 0 Å². The molecule has 1 aromatic carbocycles. The summed E-state index contributed by atoms with van der Waals surface area (Å²) in [6, 6.07) is 4.25. The predicted octanol–water partition coefficient (Wildman–Crippen LogP) is 2.87. The number of nitrogens with zero attached hydrogens (tertiary/aromatic N) is 2. The summed E-state index contributed by atoms with van der Waals surface area (Å²) < 4.78 is 1.08. The van der Waals surface area contributed by atoms with Crippen LogP contribution in [0.15, 0.2) is 29.2 Å². The van der Waals surface area contributed by atoms with Crippen molar-refractivity contribution in [3.8, 4) is 0 Å². The number of nitro groups is 1. The molecule has 0 spiro atoms. The molecule has 2 aromatic rings. The normalized spacial score (nSPS) is 10.6. The number of rotatable bonds is 4. The van der Waals surface area contributed by atoms with Gasteiger partial charge >= 0.3 is 0 Å². The Morgan fingerprint density at radius 1 is 1.13 bits per heavy atom. The molecule has 0 N–H and O–H groups in total. The summed E-state index contributed by atoms with van der Waals surface area (Å²) >= 11 is 0. The zero-order valence-corrected chi connectivity index (χ0v) is 13.5. The number of pyridine rings is 1. The van der Waals surface area contributed by atoms with Crippen molar-refractivity contribution in [1.82, 2.24) is 4.57 Å². The van der Waals surface area contributed by atoms with E-state index in [1.54, 1.807) is 0 Å². The van der Waals surface area contributed by atoms with Gasteiger partial charge in [-0.3, -0.25) is 19.7 Å². The fourth-order valence-corrected chi connectivity index (χ4v) is 2.62. The zero-order chi connectivity index (χ0) is 17.3. The molecule has 0 bridgehead atoms. The first-order chi connectivity index (χ1) is 10.7. The van der Waals surface area contributed by atoms with Crippen LogP contribution < -0.4 is 5.56 Å². The highest BCUT2D eigenvalue weighted by atomic mass is 16.6. The Balaban J connectivity index is 2.47. The summed E-state index contributed by atoms with van der Waals surface area (Å²) in [5.41, 5.74) is 3.68. The van der Waals surface area contributed by atoms with Crippen LogP contribution in [0.2, 0.25) is 0 Å². The molecule has 0 aliphatic carbocycles. The lowest BCUT2D eigenvalue weighted by Crippen LogP contribution is -2.24. The predicted molar refractivity (Wildman–Crippen MR) is 87.1 cm³/mol. The molecule has 6 heteroatoms. The molecular weight excluding hydrogens is 296 g/mol. The van der Waals surface area contributed by atoms with E-state index in [0.717, 1.165) is 45.2 Å². The van der Waals surface area contributed by atoms with E-state index in [2.05, 4.69) is 0 Å².